The third-order valence-electron chi connectivity index (χ3n) is 3.12. The molecule has 0 spiro atoms. The normalized spacial score (nSPS) is 12.7. The van der Waals surface area contributed by atoms with Gasteiger partial charge in [-0.15, -0.1) is 0 Å². The van der Waals surface area contributed by atoms with Crippen molar-refractivity contribution in [3.05, 3.63) is 41.7 Å². The zero-order chi connectivity index (χ0) is 13.1. The van der Waals surface area contributed by atoms with E-state index in [9.17, 15) is 0 Å². The minimum Gasteiger partial charge on any atom is -0.324 e. The van der Waals surface area contributed by atoms with Gasteiger partial charge in [-0.05, 0) is 30.5 Å². The summed E-state index contributed by atoms with van der Waals surface area (Å²) in [7, 11) is 1.97. The van der Waals surface area contributed by atoms with Crippen molar-refractivity contribution in [3.63, 3.8) is 0 Å². The minimum absolute atomic E-state index is 0.0660. The first-order chi connectivity index (χ1) is 8.61. The van der Waals surface area contributed by atoms with Gasteiger partial charge in [0.2, 0.25) is 0 Å². The zero-order valence-corrected chi connectivity index (χ0v) is 11.4. The molecule has 2 N–H and O–H groups in total. The second-order valence-electron chi connectivity index (χ2n) is 4.83. The fourth-order valence-electron chi connectivity index (χ4n) is 2.19. The molecule has 2 aromatic rings. The molecule has 1 aromatic heterocycles. The summed E-state index contributed by atoms with van der Waals surface area (Å²) < 4.78 is 1.89. The van der Waals surface area contributed by atoms with Gasteiger partial charge in [-0.25, -0.2) is 0 Å². The Morgan fingerprint density at radius 3 is 2.83 bits per heavy atom. The van der Waals surface area contributed by atoms with Gasteiger partial charge in [-0.3, -0.25) is 4.68 Å². The third kappa shape index (κ3) is 2.62. The molecule has 1 aromatic carbocycles. The molecule has 1 atom stereocenters. The van der Waals surface area contributed by atoms with Gasteiger partial charge in [0.05, 0.1) is 5.69 Å². The largest absolute Gasteiger partial charge is 0.324 e. The molecular formula is C15H21N3. The van der Waals surface area contributed by atoms with E-state index in [-0.39, 0.29) is 6.04 Å². The molecule has 3 heteroatoms. The predicted molar refractivity (Wildman–Crippen MR) is 75.2 cm³/mol. The Hall–Kier alpha value is -1.61. The molecule has 96 valence electrons. The fourth-order valence-corrected chi connectivity index (χ4v) is 2.19. The summed E-state index contributed by atoms with van der Waals surface area (Å²) in [6.45, 7) is 4.19. The van der Waals surface area contributed by atoms with Gasteiger partial charge in [0.1, 0.15) is 0 Å². The van der Waals surface area contributed by atoms with Crippen LogP contribution in [0.15, 0.2) is 30.5 Å². The van der Waals surface area contributed by atoms with Crippen LogP contribution < -0.4 is 5.73 Å². The lowest BCUT2D eigenvalue weighted by Gasteiger charge is -2.08. The van der Waals surface area contributed by atoms with Crippen LogP contribution in [0.3, 0.4) is 0 Å². The molecule has 1 unspecified atom stereocenters. The number of hydrogen-bond acceptors (Lipinski definition) is 2. The number of nitrogens with zero attached hydrogens (tertiary/aromatic N) is 2. The van der Waals surface area contributed by atoms with Crippen molar-refractivity contribution >= 4 is 0 Å². The summed E-state index contributed by atoms with van der Waals surface area (Å²) in [4.78, 5) is 0. The zero-order valence-electron chi connectivity index (χ0n) is 11.4. The fraction of sp³-hybridized carbons (Fsp3) is 0.400. The highest BCUT2D eigenvalue weighted by molar-refractivity contribution is 5.66. The topological polar surface area (TPSA) is 43.8 Å². The van der Waals surface area contributed by atoms with Gasteiger partial charge < -0.3 is 5.73 Å². The van der Waals surface area contributed by atoms with Gasteiger partial charge in [0.25, 0.3) is 0 Å². The van der Waals surface area contributed by atoms with E-state index >= 15 is 0 Å². The summed E-state index contributed by atoms with van der Waals surface area (Å²) in [5.41, 5.74) is 10.7. The van der Waals surface area contributed by atoms with Gasteiger partial charge in [0, 0.05) is 24.8 Å². The van der Waals surface area contributed by atoms with Crippen LogP contribution in [-0.4, -0.2) is 9.78 Å². The average molecular weight is 243 g/mol. The average Bonchev–Trinajstić information content (AvgIpc) is 2.71. The maximum Gasteiger partial charge on any atom is 0.0702 e. The Bertz CT molecular complexity index is 526. The lowest BCUT2D eigenvalue weighted by molar-refractivity contribution is 0.733. The highest BCUT2D eigenvalue weighted by Gasteiger charge is 2.10. The number of aromatic nitrogens is 2. The molecule has 0 aliphatic rings. The van der Waals surface area contributed by atoms with Crippen molar-refractivity contribution in [2.45, 2.75) is 32.7 Å². The first kappa shape index (κ1) is 12.8. The summed E-state index contributed by atoms with van der Waals surface area (Å²) in [6.07, 6.45) is 4.21. The van der Waals surface area contributed by atoms with Crippen LogP contribution in [0, 0.1) is 0 Å². The van der Waals surface area contributed by atoms with Gasteiger partial charge in [-0.2, -0.15) is 5.10 Å². The Morgan fingerprint density at radius 1 is 1.39 bits per heavy atom. The molecule has 0 saturated heterocycles. The SMILES string of the molecule is CCCc1nn(C)cc1-c1cccc(C(C)N)c1. The number of benzene rings is 1. The van der Waals surface area contributed by atoms with Crippen LogP contribution in [0.2, 0.25) is 0 Å². The van der Waals surface area contributed by atoms with E-state index in [1.165, 1.54) is 22.4 Å². The molecule has 18 heavy (non-hydrogen) atoms. The Labute approximate surface area is 109 Å². The summed E-state index contributed by atoms with van der Waals surface area (Å²) in [5.74, 6) is 0. The standard InChI is InChI=1S/C15H21N3/c1-4-6-15-14(10-18(3)17-15)13-8-5-7-12(9-13)11(2)16/h5,7-11H,4,6,16H2,1-3H3. The summed E-state index contributed by atoms with van der Waals surface area (Å²) in [5, 5.41) is 4.54. The highest BCUT2D eigenvalue weighted by Crippen LogP contribution is 2.26. The van der Waals surface area contributed by atoms with Crippen molar-refractivity contribution < 1.29 is 0 Å². The van der Waals surface area contributed by atoms with Gasteiger partial charge >= 0.3 is 0 Å². The number of rotatable bonds is 4. The van der Waals surface area contributed by atoms with Crippen molar-refractivity contribution in [2.24, 2.45) is 12.8 Å². The lowest BCUT2D eigenvalue weighted by Crippen LogP contribution is -2.04. The smallest absolute Gasteiger partial charge is 0.0702 e. The second kappa shape index (κ2) is 5.36. The molecule has 0 saturated carbocycles. The van der Waals surface area contributed by atoms with E-state index in [2.05, 4.69) is 42.5 Å². The lowest BCUT2D eigenvalue weighted by atomic mass is 10.00. The second-order valence-corrected chi connectivity index (χ2v) is 4.83. The Morgan fingerprint density at radius 2 is 2.17 bits per heavy atom. The van der Waals surface area contributed by atoms with E-state index in [0.717, 1.165) is 12.8 Å². The van der Waals surface area contributed by atoms with E-state index in [1.54, 1.807) is 0 Å². The van der Waals surface area contributed by atoms with E-state index < -0.39 is 0 Å². The summed E-state index contributed by atoms with van der Waals surface area (Å²) in [6, 6.07) is 8.50. The molecule has 0 bridgehead atoms. The van der Waals surface area contributed by atoms with Crippen LogP contribution in [0.4, 0.5) is 0 Å². The van der Waals surface area contributed by atoms with E-state index in [4.69, 9.17) is 5.73 Å². The van der Waals surface area contributed by atoms with Crippen LogP contribution in [0.1, 0.15) is 37.6 Å². The van der Waals surface area contributed by atoms with Crippen molar-refractivity contribution in [3.8, 4) is 11.1 Å². The molecule has 0 fully saturated rings. The van der Waals surface area contributed by atoms with Crippen LogP contribution in [-0.2, 0) is 13.5 Å². The number of nitrogens with two attached hydrogens (primary N) is 1. The maximum atomic E-state index is 5.94. The van der Waals surface area contributed by atoms with Gasteiger partial charge in [-0.1, -0.05) is 31.5 Å². The monoisotopic (exact) mass is 243 g/mol. The molecular weight excluding hydrogens is 222 g/mol. The first-order valence-corrected chi connectivity index (χ1v) is 6.50. The van der Waals surface area contributed by atoms with Crippen molar-refractivity contribution in [1.29, 1.82) is 0 Å². The minimum atomic E-state index is 0.0660. The van der Waals surface area contributed by atoms with E-state index in [1.807, 2.05) is 18.7 Å². The molecule has 0 amide bonds. The Kier molecular flexibility index (Phi) is 3.82. The van der Waals surface area contributed by atoms with Gasteiger partial charge in [0.15, 0.2) is 0 Å². The molecule has 0 radical (unpaired) electrons. The molecule has 0 aliphatic heterocycles. The van der Waals surface area contributed by atoms with E-state index in [0.29, 0.717) is 0 Å². The first-order valence-electron chi connectivity index (χ1n) is 6.50. The highest BCUT2D eigenvalue weighted by atomic mass is 15.2. The predicted octanol–water partition coefficient (Wildman–Crippen LogP) is 3.06. The molecule has 1 heterocycles. The maximum absolute atomic E-state index is 5.94. The molecule has 3 nitrogen and oxygen atoms in total. The van der Waals surface area contributed by atoms with Crippen LogP contribution in [0.5, 0.6) is 0 Å². The number of aryl methyl sites for hydroxylation is 2. The van der Waals surface area contributed by atoms with Crippen LogP contribution >= 0.6 is 0 Å². The van der Waals surface area contributed by atoms with Crippen molar-refractivity contribution in [2.75, 3.05) is 0 Å². The quantitative estimate of drug-likeness (QED) is 0.897. The third-order valence-corrected chi connectivity index (χ3v) is 3.12. The molecule has 2 rings (SSSR count). The number of hydrogen-bond donors (Lipinski definition) is 1. The van der Waals surface area contributed by atoms with Crippen LogP contribution in [0.25, 0.3) is 11.1 Å². The summed E-state index contributed by atoms with van der Waals surface area (Å²) >= 11 is 0. The molecule has 0 aliphatic carbocycles. The van der Waals surface area contributed by atoms with Crippen molar-refractivity contribution in [1.82, 2.24) is 9.78 Å². The Balaban J connectivity index is 2.44.